The molecule has 0 aliphatic rings. The lowest BCUT2D eigenvalue weighted by Crippen LogP contribution is -2.30. The van der Waals surface area contributed by atoms with E-state index in [0.29, 0.717) is 16.0 Å². The summed E-state index contributed by atoms with van der Waals surface area (Å²) in [6.45, 7) is 3.30. The maximum absolute atomic E-state index is 12.6. The highest BCUT2D eigenvalue weighted by molar-refractivity contribution is 9.10. The predicted octanol–water partition coefficient (Wildman–Crippen LogP) is 5.16. The van der Waals surface area contributed by atoms with Crippen LogP contribution in [0.1, 0.15) is 22.2 Å². The second-order valence-electron chi connectivity index (χ2n) is 4.92. The first-order valence-electron chi connectivity index (χ1n) is 7.09. The number of ether oxygens (including phenoxy) is 1. The van der Waals surface area contributed by atoms with E-state index in [2.05, 4.69) is 15.9 Å². The number of halogens is 4. The maximum atomic E-state index is 12.6. The molecular weight excluding hydrogens is 423 g/mol. The number of hydrogen-bond acceptors (Lipinski definition) is 4. The van der Waals surface area contributed by atoms with Gasteiger partial charge in [-0.3, -0.25) is 4.79 Å². The molecule has 2 aromatic rings. The molecule has 0 atom stereocenters. The zero-order chi connectivity index (χ0) is 18.8. The largest absolute Gasteiger partial charge is 0.471 e. The second-order valence-corrected chi connectivity index (χ2v) is 7.06. The van der Waals surface area contributed by atoms with Gasteiger partial charge < -0.3 is 10.1 Å². The molecule has 0 saturated carbocycles. The van der Waals surface area contributed by atoms with Crippen molar-refractivity contribution in [2.45, 2.75) is 20.0 Å². The van der Waals surface area contributed by atoms with Crippen LogP contribution in [0.15, 0.2) is 28.7 Å². The molecule has 4 nitrogen and oxygen atoms in total. The molecule has 0 unspecified atom stereocenters. The van der Waals surface area contributed by atoms with Crippen molar-refractivity contribution in [2.24, 2.45) is 0 Å². The van der Waals surface area contributed by atoms with Crippen LogP contribution in [0.3, 0.4) is 0 Å². The number of carbonyl (C=O) groups is 2. The van der Waals surface area contributed by atoms with Crippen molar-refractivity contribution in [3.63, 3.8) is 0 Å². The minimum atomic E-state index is -5.05. The Balaban J connectivity index is 2.57. The third kappa shape index (κ3) is 4.40. The Morgan fingerprint density at radius 3 is 2.36 bits per heavy atom. The van der Waals surface area contributed by atoms with Gasteiger partial charge >= 0.3 is 18.1 Å². The van der Waals surface area contributed by atoms with Crippen LogP contribution in [0.5, 0.6) is 0 Å². The van der Waals surface area contributed by atoms with Crippen LogP contribution >= 0.6 is 27.3 Å². The number of esters is 1. The Labute approximate surface area is 154 Å². The monoisotopic (exact) mass is 435 g/mol. The first-order valence-corrected chi connectivity index (χ1v) is 8.70. The van der Waals surface area contributed by atoms with Crippen LogP contribution in [-0.2, 0) is 9.53 Å². The van der Waals surface area contributed by atoms with Gasteiger partial charge in [0.15, 0.2) is 0 Å². The van der Waals surface area contributed by atoms with E-state index in [0.717, 1.165) is 15.8 Å². The summed E-state index contributed by atoms with van der Waals surface area (Å²) in [5.41, 5.74) is 0.991. The quantitative estimate of drug-likeness (QED) is 0.674. The molecule has 25 heavy (non-hydrogen) atoms. The average Bonchev–Trinajstić information content (AvgIpc) is 2.83. The molecule has 9 heteroatoms. The molecule has 134 valence electrons. The number of thiophene rings is 1. The van der Waals surface area contributed by atoms with Gasteiger partial charge in [0.1, 0.15) is 10.6 Å². The standard InChI is InChI=1S/C16H13BrF3NO3S/c1-3-24-14(22)12-11(9-4-6-10(17)7-5-9)8(2)25-13(12)21-15(23)16(18,19)20/h4-7H,3H2,1-2H3,(H,21,23). The molecule has 1 aromatic heterocycles. The van der Waals surface area contributed by atoms with Crippen molar-refractivity contribution >= 4 is 44.1 Å². The molecule has 0 spiro atoms. The number of hydrogen-bond donors (Lipinski definition) is 1. The molecule has 1 N–H and O–H groups in total. The Kier molecular flexibility index (Phi) is 5.89. The summed E-state index contributed by atoms with van der Waals surface area (Å²) in [6, 6.07) is 6.93. The minimum Gasteiger partial charge on any atom is -0.462 e. The molecule has 0 fully saturated rings. The zero-order valence-corrected chi connectivity index (χ0v) is 15.6. The van der Waals surface area contributed by atoms with Gasteiger partial charge in [-0.2, -0.15) is 13.2 Å². The van der Waals surface area contributed by atoms with Gasteiger partial charge in [0, 0.05) is 14.9 Å². The summed E-state index contributed by atoms with van der Waals surface area (Å²) in [5, 5.41) is 1.59. The summed E-state index contributed by atoms with van der Waals surface area (Å²) < 4.78 is 43.5. The molecular formula is C16H13BrF3NO3S. The summed E-state index contributed by atoms with van der Waals surface area (Å²) >= 11 is 4.19. The highest BCUT2D eigenvalue weighted by atomic mass is 79.9. The number of rotatable bonds is 4. The summed E-state index contributed by atoms with van der Waals surface area (Å²) in [5.74, 6) is -2.93. The van der Waals surface area contributed by atoms with Gasteiger partial charge in [-0.25, -0.2) is 4.79 Å². The highest BCUT2D eigenvalue weighted by Gasteiger charge is 2.40. The molecule has 0 aliphatic carbocycles. The number of alkyl halides is 3. The average molecular weight is 436 g/mol. The molecule has 1 aromatic carbocycles. The number of carbonyl (C=O) groups excluding carboxylic acids is 2. The van der Waals surface area contributed by atoms with E-state index in [1.807, 2.05) is 0 Å². The number of anilines is 1. The third-order valence-electron chi connectivity index (χ3n) is 3.18. The lowest BCUT2D eigenvalue weighted by Gasteiger charge is -2.10. The Bertz CT molecular complexity index is 800. The molecule has 1 heterocycles. The van der Waals surface area contributed by atoms with Crippen LogP contribution < -0.4 is 5.32 Å². The van der Waals surface area contributed by atoms with E-state index < -0.39 is 18.1 Å². The van der Waals surface area contributed by atoms with Gasteiger partial charge in [0.25, 0.3) is 0 Å². The van der Waals surface area contributed by atoms with Crippen molar-refractivity contribution in [2.75, 3.05) is 11.9 Å². The minimum absolute atomic E-state index is 0.0557. The van der Waals surface area contributed by atoms with Gasteiger partial charge in [0.05, 0.1) is 6.61 Å². The summed E-state index contributed by atoms with van der Waals surface area (Å²) in [6.07, 6.45) is -5.05. The fourth-order valence-corrected chi connectivity index (χ4v) is 3.49. The Morgan fingerprint density at radius 1 is 1.24 bits per heavy atom. The topological polar surface area (TPSA) is 55.4 Å². The Hall–Kier alpha value is -1.87. The highest BCUT2D eigenvalue weighted by Crippen LogP contribution is 2.41. The van der Waals surface area contributed by atoms with Crippen LogP contribution in [0.25, 0.3) is 11.1 Å². The number of benzene rings is 1. The van der Waals surface area contributed by atoms with E-state index >= 15 is 0 Å². The molecule has 0 radical (unpaired) electrons. The fraction of sp³-hybridized carbons (Fsp3) is 0.250. The van der Waals surface area contributed by atoms with Crippen molar-refractivity contribution in [1.82, 2.24) is 0 Å². The molecule has 0 bridgehead atoms. The molecule has 0 aliphatic heterocycles. The van der Waals surface area contributed by atoms with Crippen LogP contribution in [0.2, 0.25) is 0 Å². The SMILES string of the molecule is CCOC(=O)c1c(NC(=O)C(F)(F)F)sc(C)c1-c1ccc(Br)cc1. The zero-order valence-electron chi connectivity index (χ0n) is 13.2. The van der Waals surface area contributed by atoms with Crippen molar-refractivity contribution < 1.29 is 27.5 Å². The first-order chi connectivity index (χ1) is 11.6. The van der Waals surface area contributed by atoms with Crippen molar-refractivity contribution in [1.29, 1.82) is 0 Å². The van der Waals surface area contributed by atoms with Gasteiger partial charge in [-0.15, -0.1) is 11.3 Å². The summed E-state index contributed by atoms with van der Waals surface area (Å²) in [4.78, 5) is 24.2. The number of nitrogens with one attached hydrogen (secondary N) is 1. The van der Waals surface area contributed by atoms with Crippen molar-refractivity contribution in [3.05, 3.63) is 39.2 Å². The first kappa shape index (κ1) is 19.5. The van der Waals surface area contributed by atoms with E-state index in [9.17, 15) is 22.8 Å². The van der Waals surface area contributed by atoms with E-state index in [1.54, 1.807) is 43.4 Å². The predicted molar refractivity (Wildman–Crippen MR) is 92.8 cm³/mol. The number of amides is 1. The summed E-state index contributed by atoms with van der Waals surface area (Å²) in [7, 11) is 0. The Morgan fingerprint density at radius 2 is 1.84 bits per heavy atom. The lowest BCUT2D eigenvalue weighted by molar-refractivity contribution is -0.167. The maximum Gasteiger partial charge on any atom is 0.471 e. The van der Waals surface area contributed by atoms with Crippen LogP contribution in [0, 0.1) is 6.92 Å². The van der Waals surface area contributed by atoms with Crippen LogP contribution in [-0.4, -0.2) is 24.7 Å². The van der Waals surface area contributed by atoms with Crippen molar-refractivity contribution in [3.8, 4) is 11.1 Å². The van der Waals surface area contributed by atoms with Gasteiger partial charge in [-0.05, 0) is 31.5 Å². The van der Waals surface area contributed by atoms with Gasteiger partial charge in [-0.1, -0.05) is 28.1 Å². The normalized spacial score (nSPS) is 11.3. The second kappa shape index (κ2) is 7.57. The van der Waals surface area contributed by atoms with E-state index in [4.69, 9.17) is 4.74 Å². The third-order valence-corrected chi connectivity index (χ3v) is 4.73. The van der Waals surface area contributed by atoms with E-state index in [-0.39, 0.29) is 17.2 Å². The van der Waals surface area contributed by atoms with Gasteiger partial charge in [0.2, 0.25) is 0 Å². The fourth-order valence-electron chi connectivity index (χ4n) is 2.17. The van der Waals surface area contributed by atoms with Crippen LogP contribution in [0.4, 0.5) is 18.2 Å². The smallest absolute Gasteiger partial charge is 0.462 e. The molecule has 2 rings (SSSR count). The lowest BCUT2D eigenvalue weighted by atomic mass is 10.0. The van der Waals surface area contributed by atoms with E-state index in [1.165, 1.54) is 0 Å². The molecule has 1 amide bonds. The number of aryl methyl sites for hydroxylation is 1. The molecule has 0 saturated heterocycles.